The standard InChI is InChI=1S/C19H24N4O3/c1-22-16-7-3-2-6-14(16)15(21-22)8-10-20-18(26)23-11-13-5-4-9-19(13,12-23)17(24)25/h2-3,6-7,13H,4-5,8-12H2,1H3,(H,20,26)(H,24,25)/t13-,19+/m0/s1. The van der Waals surface area contributed by atoms with E-state index in [1.165, 1.54) is 0 Å². The third-order valence-electron chi connectivity index (χ3n) is 6.06. The first-order valence-corrected chi connectivity index (χ1v) is 9.18. The fourth-order valence-corrected chi connectivity index (χ4v) is 4.67. The Morgan fingerprint density at radius 3 is 2.96 bits per heavy atom. The van der Waals surface area contributed by atoms with Gasteiger partial charge in [-0.2, -0.15) is 5.10 Å². The maximum absolute atomic E-state index is 12.5. The first-order valence-electron chi connectivity index (χ1n) is 9.18. The van der Waals surface area contributed by atoms with E-state index >= 15 is 0 Å². The van der Waals surface area contributed by atoms with Crippen LogP contribution in [0, 0.1) is 11.3 Å². The molecule has 2 fully saturated rings. The zero-order chi connectivity index (χ0) is 18.3. The lowest BCUT2D eigenvalue weighted by Crippen LogP contribution is -2.42. The van der Waals surface area contributed by atoms with Crippen molar-refractivity contribution >= 4 is 22.9 Å². The van der Waals surface area contributed by atoms with Crippen molar-refractivity contribution in [2.75, 3.05) is 19.6 Å². The van der Waals surface area contributed by atoms with Gasteiger partial charge in [-0.05, 0) is 24.8 Å². The number of likely N-dealkylation sites (tertiary alicyclic amines) is 1. The summed E-state index contributed by atoms with van der Waals surface area (Å²) < 4.78 is 1.85. The molecule has 2 amide bonds. The van der Waals surface area contributed by atoms with Crippen LogP contribution in [0.5, 0.6) is 0 Å². The molecule has 4 rings (SSSR count). The van der Waals surface area contributed by atoms with E-state index in [1.807, 2.05) is 36.0 Å². The minimum absolute atomic E-state index is 0.0884. The fourth-order valence-electron chi connectivity index (χ4n) is 4.67. The lowest BCUT2D eigenvalue weighted by atomic mass is 9.81. The fraction of sp³-hybridized carbons (Fsp3) is 0.526. The van der Waals surface area contributed by atoms with Gasteiger partial charge in [0.2, 0.25) is 0 Å². The highest BCUT2D eigenvalue weighted by Gasteiger charge is 2.55. The van der Waals surface area contributed by atoms with Crippen LogP contribution in [0.25, 0.3) is 10.9 Å². The van der Waals surface area contributed by atoms with E-state index in [0.29, 0.717) is 32.5 Å². The second kappa shape index (κ2) is 6.30. The average Bonchev–Trinajstić information content (AvgIpc) is 3.27. The highest BCUT2D eigenvalue weighted by Crippen LogP contribution is 2.48. The number of carbonyl (C=O) groups is 2. The Balaban J connectivity index is 1.37. The summed E-state index contributed by atoms with van der Waals surface area (Å²) in [5.74, 6) is -0.666. The number of aliphatic carboxylic acids is 1. The van der Waals surface area contributed by atoms with Crippen molar-refractivity contribution < 1.29 is 14.7 Å². The molecular formula is C19H24N4O3. The molecule has 2 atom stereocenters. The van der Waals surface area contributed by atoms with Crippen LogP contribution in [-0.2, 0) is 18.3 Å². The molecule has 7 nitrogen and oxygen atoms in total. The van der Waals surface area contributed by atoms with Gasteiger partial charge in [-0.15, -0.1) is 0 Å². The number of urea groups is 1. The number of aromatic nitrogens is 2. The van der Waals surface area contributed by atoms with Crippen molar-refractivity contribution in [3.05, 3.63) is 30.0 Å². The molecule has 1 saturated heterocycles. The topological polar surface area (TPSA) is 87.5 Å². The second-order valence-electron chi connectivity index (χ2n) is 7.50. The van der Waals surface area contributed by atoms with Crippen LogP contribution in [0.2, 0.25) is 0 Å². The Bertz CT molecular complexity index is 862. The number of nitrogens with one attached hydrogen (secondary N) is 1. The van der Waals surface area contributed by atoms with Crippen molar-refractivity contribution in [1.29, 1.82) is 0 Å². The zero-order valence-corrected chi connectivity index (χ0v) is 14.9. The normalized spacial score (nSPS) is 24.8. The molecule has 0 unspecified atom stereocenters. The lowest BCUT2D eigenvalue weighted by molar-refractivity contribution is -0.149. The summed E-state index contributed by atoms with van der Waals surface area (Å²) in [5, 5.41) is 18.2. The van der Waals surface area contributed by atoms with Crippen LogP contribution in [0.15, 0.2) is 24.3 Å². The summed E-state index contributed by atoms with van der Waals surface area (Å²) >= 11 is 0. The van der Waals surface area contributed by atoms with Gasteiger partial charge in [0, 0.05) is 38.5 Å². The number of fused-ring (bicyclic) bond motifs is 2. The van der Waals surface area contributed by atoms with Crippen LogP contribution in [0.1, 0.15) is 25.0 Å². The second-order valence-corrected chi connectivity index (χ2v) is 7.50. The third kappa shape index (κ3) is 2.62. The predicted octanol–water partition coefficient (Wildman–Crippen LogP) is 2.01. The van der Waals surface area contributed by atoms with Crippen LogP contribution >= 0.6 is 0 Å². The van der Waals surface area contributed by atoms with Crippen molar-refractivity contribution in [3.63, 3.8) is 0 Å². The number of amides is 2. The maximum atomic E-state index is 12.5. The predicted molar refractivity (Wildman–Crippen MR) is 96.8 cm³/mol. The molecule has 1 aliphatic heterocycles. The Kier molecular flexibility index (Phi) is 4.09. The van der Waals surface area contributed by atoms with Gasteiger partial charge >= 0.3 is 12.0 Å². The molecule has 138 valence electrons. The molecule has 0 spiro atoms. The van der Waals surface area contributed by atoms with E-state index in [4.69, 9.17) is 0 Å². The van der Waals surface area contributed by atoms with Crippen LogP contribution in [0.3, 0.4) is 0 Å². The van der Waals surface area contributed by atoms with Gasteiger partial charge in [0.1, 0.15) is 0 Å². The summed E-state index contributed by atoms with van der Waals surface area (Å²) in [6, 6.07) is 7.87. The van der Waals surface area contributed by atoms with Crippen molar-refractivity contribution in [3.8, 4) is 0 Å². The molecule has 0 radical (unpaired) electrons. The number of rotatable bonds is 4. The number of nitrogens with zero attached hydrogens (tertiary/aromatic N) is 3. The summed E-state index contributed by atoms with van der Waals surface area (Å²) in [7, 11) is 1.92. The Morgan fingerprint density at radius 2 is 2.19 bits per heavy atom. The maximum Gasteiger partial charge on any atom is 0.317 e. The van der Waals surface area contributed by atoms with Crippen LogP contribution in [-0.4, -0.2) is 51.4 Å². The molecule has 0 bridgehead atoms. The highest BCUT2D eigenvalue weighted by atomic mass is 16.4. The van der Waals surface area contributed by atoms with Crippen LogP contribution in [0.4, 0.5) is 4.79 Å². The molecule has 1 aromatic heterocycles. The number of hydrogen-bond donors (Lipinski definition) is 2. The van der Waals surface area contributed by atoms with Gasteiger partial charge in [-0.25, -0.2) is 4.79 Å². The molecule has 1 saturated carbocycles. The number of hydrogen-bond acceptors (Lipinski definition) is 3. The summed E-state index contributed by atoms with van der Waals surface area (Å²) in [6.45, 7) is 1.36. The van der Waals surface area contributed by atoms with Crippen molar-refractivity contribution in [1.82, 2.24) is 20.0 Å². The van der Waals surface area contributed by atoms with E-state index in [2.05, 4.69) is 10.4 Å². The number of benzene rings is 1. The quantitative estimate of drug-likeness (QED) is 0.877. The molecule has 2 heterocycles. The molecular weight excluding hydrogens is 332 g/mol. The number of carboxylic acids is 1. The zero-order valence-electron chi connectivity index (χ0n) is 14.9. The molecule has 1 aromatic carbocycles. The van der Waals surface area contributed by atoms with E-state index < -0.39 is 11.4 Å². The van der Waals surface area contributed by atoms with E-state index in [1.54, 1.807) is 4.90 Å². The van der Waals surface area contributed by atoms with Crippen molar-refractivity contribution in [2.24, 2.45) is 18.4 Å². The Hall–Kier alpha value is -2.57. The first kappa shape index (κ1) is 16.9. The number of para-hydroxylation sites is 1. The van der Waals surface area contributed by atoms with Crippen molar-refractivity contribution in [2.45, 2.75) is 25.7 Å². The molecule has 2 aromatic rings. The molecule has 1 aliphatic carbocycles. The molecule has 2 aliphatic rings. The van der Waals surface area contributed by atoms with Gasteiger partial charge in [0.25, 0.3) is 0 Å². The lowest BCUT2D eigenvalue weighted by Gasteiger charge is -2.23. The minimum atomic E-state index is -0.754. The van der Waals surface area contributed by atoms with E-state index in [-0.39, 0.29) is 11.9 Å². The molecule has 7 heteroatoms. The smallest absolute Gasteiger partial charge is 0.317 e. The highest BCUT2D eigenvalue weighted by molar-refractivity contribution is 5.82. The monoisotopic (exact) mass is 356 g/mol. The van der Waals surface area contributed by atoms with Gasteiger partial charge in [-0.3, -0.25) is 9.48 Å². The summed E-state index contributed by atoms with van der Waals surface area (Å²) in [4.78, 5) is 25.9. The summed E-state index contributed by atoms with van der Waals surface area (Å²) in [6.07, 6.45) is 3.17. The van der Waals surface area contributed by atoms with Gasteiger partial charge in [-0.1, -0.05) is 24.6 Å². The third-order valence-corrected chi connectivity index (χ3v) is 6.06. The minimum Gasteiger partial charge on any atom is -0.481 e. The Labute approximate surface area is 152 Å². The molecule has 26 heavy (non-hydrogen) atoms. The van der Waals surface area contributed by atoms with Gasteiger partial charge < -0.3 is 15.3 Å². The number of carboxylic acid groups (broad SMARTS) is 1. The largest absolute Gasteiger partial charge is 0.481 e. The van der Waals surface area contributed by atoms with Crippen LogP contribution < -0.4 is 5.32 Å². The summed E-state index contributed by atoms with van der Waals surface area (Å²) in [5.41, 5.74) is 1.31. The SMILES string of the molecule is Cn1nc(CCNC(=O)N2C[C@@H]3CCC[C@@]3(C(=O)O)C2)c2ccccc21. The van der Waals surface area contributed by atoms with Gasteiger partial charge in [0.05, 0.1) is 16.6 Å². The average molecular weight is 356 g/mol. The van der Waals surface area contributed by atoms with E-state index in [9.17, 15) is 14.7 Å². The van der Waals surface area contributed by atoms with E-state index in [0.717, 1.165) is 29.4 Å². The molecule has 2 N–H and O–H groups in total. The number of aryl methyl sites for hydroxylation is 1. The Morgan fingerprint density at radius 1 is 1.38 bits per heavy atom. The number of carbonyl (C=O) groups excluding carboxylic acids is 1. The first-order chi connectivity index (χ1) is 12.5. The van der Waals surface area contributed by atoms with Gasteiger partial charge in [0.15, 0.2) is 0 Å².